The molecule has 0 spiro atoms. The van der Waals surface area contributed by atoms with Gasteiger partial charge in [0.1, 0.15) is 12.2 Å². The van der Waals surface area contributed by atoms with E-state index in [9.17, 15) is 4.79 Å². The van der Waals surface area contributed by atoms with E-state index < -0.39 is 6.16 Å². The van der Waals surface area contributed by atoms with Gasteiger partial charge in [0.15, 0.2) is 0 Å². The molecule has 5 nitrogen and oxygen atoms in total. The van der Waals surface area contributed by atoms with Crippen molar-refractivity contribution in [1.82, 2.24) is 9.80 Å². The highest BCUT2D eigenvalue weighted by Crippen LogP contribution is 2.24. The fraction of sp³-hybridized carbons (Fsp3) is 0.947. The van der Waals surface area contributed by atoms with E-state index in [1.807, 2.05) is 0 Å². The highest BCUT2D eigenvalue weighted by molar-refractivity contribution is 5.60. The smallest absolute Gasteiger partial charge is 0.431 e. The zero-order chi connectivity index (χ0) is 18.0. The summed E-state index contributed by atoms with van der Waals surface area (Å²) in [6, 6.07) is 0. The zero-order valence-electron chi connectivity index (χ0n) is 16.4. The van der Waals surface area contributed by atoms with E-state index in [0.717, 1.165) is 51.9 Å². The molecule has 0 atom stereocenters. The Balaban J connectivity index is 1.68. The lowest BCUT2D eigenvalue weighted by Gasteiger charge is -2.41. The molecule has 0 radical (unpaired) electrons. The van der Waals surface area contributed by atoms with Crippen molar-refractivity contribution in [2.75, 3.05) is 26.2 Å². The summed E-state index contributed by atoms with van der Waals surface area (Å²) in [7, 11) is 0. The second kappa shape index (κ2) is 7.61. The maximum atomic E-state index is 12.1. The highest BCUT2D eigenvalue weighted by atomic mass is 16.7. The molecule has 0 N–H and O–H groups in total. The molecule has 0 aromatic rings. The Morgan fingerprint density at radius 3 is 1.25 bits per heavy atom. The molecule has 0 unspecified atom stereocenters. The lowest BCUT2D eigenvalue weighted by atomic mass is 9.99. The van der Waals surface area contributed by atoms with Gasteiger partial charge in [-0.15, -0.1) is 0 Å². The fourth-order valence-electron chi connectivity index (χ4n) is 3.59. The van der Waals surface area contributed by atoms with Gasteiger partial charge in [-0.1, -0.05) is 0 Å². The van der Waals surface area contributed by atoms with E-state index in [1.54, 1.807) is 0 Å². The quantitative estimate of drug-likeness (QED) is 0.718. The Kier molecular flexibility index (Phi) is 6.19. The maximum Gasteiger partial charge on any atom is 0.508 e. The standard InChI is InChI=1S/C19H36N2O3/c1-18(2,3)20-11-7-15(8-12-20)23-17(22)24-16-9-13-21(14-10-16)19(4,5)6/h15-16H,7-14H2,1-6H3. The number of nitrogens with zero attached hydrogens (tertiary/aromatic N) is 2. The number of rotatable bonds is 2. The van der Waals surface area contributed by atoms with Gasteiger partial charge in [0.05, 0.1) is 0 Å². The minimum absolute atomic E-state index is 0.00534. The highest BCUT2D eigenvalue weighted by Gasteiger charge is 2.31. The molecule has 0 bridgehead atoms. The van der Waals surface area contributed by atoms with E-state index in [1.165, 1.54) is 0 Å². The first-order valence-corrected chi connectivity index (χ1v) is 9.43. The molecule has 0 amide bonds. The Labute approximate surface area is 147 Å². The molecule has 0 aromatic carbocycles. The summed E-state index contributed by atoms with van der Waals surface area (Å²) in [6.45, 7) is 17.3. The van der Waals surface area contributed by atoms with E-state index in [0.29, 0.717) is 0 Å². The molecule has 24 heavy (non-hydrogen) atoms. The van der Waals surface area contributed by atoms with Crippen LogP contribution in [0.2, 0.25) is 0 Å². The molecule has 2 aliphatic heterocycles. The molecule has 5 heteroatoms. The van der Waals surface area contributed by atoms with Gasteiger partial charge in [0.25, 0.3) is 0 Å². The van der Waals surface area contributed by atoms with Crippen LogP contribution >= 0.6 is 0 Å². The van der Waals surface area contributed by atoms with Gasteiger partial charge < -0.3 is 9.47 Å². The first-order chi connectivity index (χ1) is 11.1. The third-order valence-electron chi connectivity index (χ3n) is 5.31. The van der Waals surface area contributed by atoms with Crippen molar-refractivity contribution >= 4 is 6.16 Å². The van der Waals surface area contributed by atoms with Gasteiger partial charge in [-0.3, -0.25) is 9.80 Å². The third kappa shape index (κ3) is 5.62. The van der Waals surface area contributed by atoms with Crippen molar-refractivity contribution in [3.8, 4) is 0 Å². The maximum absolute atomic E-state index is 12.1. The average molecular weight is 341 g/mol. The van der Waals surface area contributed by atoms with Crippen LogP contribution in [-0.4, -0.2) is 65.4 Å². The van der Waals surface area contributed by atoms with Crippen LogP contribution in [0, 0.1) is 0 Å². The van der Waals surface area contributed by atoms with Gasteiger partial charge in [-0.05, 0) is 67.2 Å². The molecule has 2 saturated heterocycles. The normalized spacial score (nSPS) is 23.2. The summed E-state index contributed by atoms with van der Waals surface area (Å²) in [6.07, 6.45) is 3.13. The number of hydrogen-bond donors (Lipinski definition) is 0. The summed E-state index contributed by atoms with van der Waals surface area (Å²) in [5.74, 6) is 0. The van der Waals surface area contributed by atoms with Crippen LogP contribution in [0.4, 0.5) is 4.79 Å². The van der Waals surface area contributed by atoms with Crippen LogP contribution in [0.15, 0.2) is 0 Å². The monoisotopic (exact) mass is 340 g/mol. The Morgan fingerprint density at radius 1 is 0.708 bits per heavy atom. The molecular weight excluding hydrogens is 304 g/mol. The molecule has 2 fully saturated rings. The minimum atomic E-state index is -0.474. The molecule has 2 aliphatic rings. The lowest BCUT2D eigenvalue weighted by molar-refractivity contribution is -0.0440. The molecule has 0 saturated carbocycles. The van der Waals surface area contributed by atoms with Crippen molar-refractivity contribution in [2.45, 2.75) is 90.5 Å². The average Bonchev–Trinajstić information content (AvgIpc) is 2.46. The lowest BCUT2D eigenvalue weighted by Crippen LogP contribution is -2.48. The third-order valence-corrected chi connectivity index (χ3v) is 5.31. The number of carbonyl (C=O) groups is 1. The van der Waals surface area contributed by atoms with Crippen molar-refractivity contribution in [3.63, 3.8) is 0 Å². The second-order valence-electron chi connectivity index (χ2n) is 9.20. The van der Waals surface area contributed by atoms with Gasteiger partial charge in [-0.25, -0.2) is 4.79 Å². The van der Waals surface area contributed by atoms with Crippen molar-refractivity contribution in [3.05, 3.63) is 0 Å². The van der Waals surface area contributed by atoms with Gasteiger partial charge >= 0.3 is 6.16 Å². The first-order valence-electron chi connectivity index (χ1n) is 9.43. The van der Waals surface area contributed by atoms with Crippen molar-refractivity contribution < 1.29 is 14.3 Å². The van der Waals surface area contributed by atoms with Crippen LogP contribution in [0.1, 0.15) is 67.2 Å². The Morgan fingerprint density at radius 2 is 1.00 bits per heavy atom. The number of likely N-dealkylation sites (tertiary alicyclic amines) is 2. The number of ether oxygens (including phenoxy) is 2. The van der Waals surface area contributed by atoms with Crippen molar-refractivity contribution in [2.24, 2.45) is 0 Å². The van der Waals surface area contributed by atoms with Gasteiger partial charge in [-0.2, -0.15) is 0 Å². The Hall–Kier alpha value is -0.810. The van der Waals surface area contributed by atoms with Crippen LogP contribution in [-0.2, 0) is 9.47 Å². The van der Waals surface area contributed by atoms with Crippen LogP contribution in [0.5, 0.6) is 0 Å². The minimum Gasteiger partial charge on any atom is -0.431 e. The Bertz CT molecular complexity index is 371. The molecule has 2 heterocycles. The number of hydrogen-bond acceptors (Lipinski definition) is 5. The predicted octanol–water partition coefficient (Wildman–Crippen LogP) is 3.67. The van der Waals surface area contributed by atoms with Gasteiger partial charge in [0, 0.05) is 37.3 Å². The summed E-state index contributed by atoms with van der Waals surface area (Å²) < 4.78 is 11.1. The van der Waals surface area contributed by atoms with Gasteiger partial charge in [0.2, 0.25) is 0 Å². The predicted molar refractivity (Wildman–Crippen MR) is 96.3 cm³/mol. The SMILES string of the molecule is CC(C)(C)N1CCC(OC(=O)OC2CCN(C(C)(C)C)CC2)CC1. The number of carbonyl (C=O) groups excluding carboxylic acids is 1. The van der Waals surface area contributed by atoms with Crippen LogP contribution in [0.3, 0.4) is 0 Å². The van der Waals surface area contributed by atoms with Crippen LogP contribution in [0.25, 0.3) is 0 Å². The number of piperidine rings is 2. The van der Waals surface area contributed by atoms with Crippen molar-refractivity contribution in [1.29, 1.82) is 0 Å². The summed E-state index contributed by atoms with van der Waals surface area (Å²) in [5, 5.41) is 0. The fourth-order valence-corrected chi connectivity index (χ4v) is 3.59. The summed E-state index contributed by atoms with van der Waals surface area (Å²) >= 11 is 0. The summed E-state index contributed by atoms with van der Waals surface area (Å²) in [4.78, 5) is 17.0. The van der Waals surface area contributed by atoms with E-state index >= 15 is 0 Å². The molecule has 140 valence electrons. The van der Waals surface area contributed by atoms with E-state index in [-0.39, 0.29) is 23.3 Å². The van der Waals surface area contributed by atoms with Crippen LogP contribution < -0.4 is 0 Å². The molecule has 0 aromatic heterocycles. The van der Waals surface area contributed by atoms with E-state index in [4.69, 9.17) is 9.47 Å². The molecular formula is C19H36N2O3. The topological polar surface area (TPSA) is 42.0 Å². The first kappa shape index (κ1) is 19.5. The molecule has 2 rings (SSSR count). The van der Waals surface area contributed by atoms with E-state index in [2.05, 4.69) is 51.3 Å². The molecule has 0 aliphatic carbocycles. The second-order valence-corrected chi connectivity index (χ2v) is 9.20. The summed E-state index contributed by atoms with van der Waals surface area (Å²) in [5.41, 5.74) is 0.374. The zero-order valence-corrected chi connectivity index (χ0v) is 16.4. The largest absolute Gasteiger partial charge is 0.508 e.